The van der Waals surface area contributed by atoms with E-state index in [4.69, 9.17) is 5.11 Å². The summed E-state index contributed by atoms with van der Waals surface area (Å²) in [7, 11) is -3.57. The van der Waals surface area contributed by atoms with E-state index in [1.807, 2.05) is 6.92 Å². The van der Waals surface area contributed by atoms with Gasteiger partial charge in [0.05, 0.1) is 15.7 Å². The Labute approximate surface area is 107 Å². The number of carboxylic acid groups (broad SMARTS) is 1. The summed E-state index contributed by atoms with van der Waals surface area (Å²) in [5.74, 6) is -1.14. The Morgan fingerprint density at radius 2 is 2.11 bits per heavy atom. The molecule has 18 heavy (non-hydrogen) atoms. The van der Waals surface area contributed by atoms with Crippen LogP contribution in [0.25, 0.3) is 0 Å². The monoisotopic (exact) mass is 268 g/mol. The Bertz CT molecular complexity index is 573. The van der Waals surface area contributed by atoms with Gasteiger partial charge in [-0.15, -0.1) is 6.58 Å². The number of aryl methyl sites for hydroxylation is 1. The number of carbonyl (C=O) groups is 1. The van der Waals surface area contributed by atoms with Gasteiger partial charge in [-0.1, -0.05) is 19.1 Å². The van der Waals surface area contributed by atoms with Crippen LogP contribution in [-0.4, -0.2) is 24.7 Å². The zero-order valence-electron chi connectivity index (χ0n) is 10.4. The van der Waals surface area contributed by atoms with Crippen LogP contribution in [0.3, 0.4) is 0 Å². The molecule has 0 aliphatic rings. The maximum absolute atomic E-state index is 12.3. The fourth-order valence-corrected chi connectivity index (χ4v) is 3.09. The van der Waals surface area contributed by atoms with Crippen molar-refractivity contribution >= 4 is 15.8 Å². The average Bonchev–Trinajstić information content (AvgIpc) is 2.36. The van der Waals surface area contributed by atoms with E-state index in [1.165, 1.54) is 25.1 Å². The number of aromatic carboxylic acids is 1. The van der Waals surface area contributed by atoms with Gasteiger partial charge in [-0.2, -0.15) is 0 Å². The summed E-state index contributed by atoms with van der Waals surface area (Å²) < 4.78 is 24.5. The molecule has 1 unspecified atom stereocenters. The zero-order valence-corrected chi connectivity index (χ0v) is 11.2. The molecule has 0 radical (unpaired) electrons. The van der Waals surface area contributed by atoms with Gasteiger partial charge in [-0.05, 0) is 31.0 Å². The highest BCUT2D eigenvalue weighted by Crippen LogP contribution is 2.23. The van der Waals surface area contributed by atoms with Crippen molar-refractivity contribution in [1.29, 1.82) is 0 Å². The molecule has 0 aromatic heterocycles. The second-order valence-electron chi connectivity index (χ2n) is 3.97. The molecule has 1 rings (SSSR count). The summed E-state index contributed by atoms with van der Waals surface area (Å²) in [5.41, 5.74) is 0.593. The lowest BCUT2D eigenvalue weighted by molar-refractivity contribution is 0.0696. The highest BCUT2D eigenvalue weighted by Gasteiger charge is 2.24. The van der Waals surface area contributed by atoms with Gasteiger partial charge in [0.1, 0.15) is 0 Å². The van der Waals surface area contributed by atoms with Crippen molar-refractivity contribution in [3.63, 3.8) is 0 Å². The number of carboxylic acids is 1. The normalized spacial score (nSPS) is 13.0. The van der Waals surface area contributed by atoms with Crippen LogP contribution >= 0.6 is 0 Å². The predicted molar refractivity (Wildman–Crippen MR) is 69.6 cm³/mol. The van der Waals surface area contributed by atoms with E-state index in [-0.39, 0.29) is 10.5 Å². The van der Waals surface area contributed by atoms with Gasteiger partial charge in [-0.25, -0.2) is 13.2 Å². The lowest BCUT2D eigenvalue weighted by atomic mass is 10.1. The number of sulfone groups is 1. The Morgan fingerprint density at radius 1 is 1.50 bits per heavy atom. The van der Waals surface area contributed by atoms with Crippen molar-refractivity contribution in [2.24, 2.45) is 0 Å². The topological polar surface area (TPSA) is 71.4 Å². The molecule has 1 N–H and O–H groups in total. The number of benzene rings is 1. The first-order valence-corrected chi connectivity index (χ1v) is 7.11. The maximum atomic E-state index is 12.3. The molecule has 0 aliphatic heterocycles. The Kier molecular flexibility index (Phi) is 4.29. The molecule has 4 nitrogen and oxygen atoms in total. The van der Waals surface area contributed by atoms with Crippen molar-refractivity contribution in [1.82, 2.24) is 0 Å². The second-order valence-corrected chi connectivity index (χ2v) is 6.24. The van der Waals surface area contributed by atoms with Crippen molar-refractivity contribution < 1.29 is 18.3 Å². The molecule has 1 atom stereocenters. The molecule has 0 aliphatic carbocycles. The summed E-state index contributed by atoms with van der Waals surface area (Å²) in [6.07, 6.45) is 1.86. The Morgan fingerprint density at radius 3 is 2.56 bits per heavy atom. The molecule has 0 fully saturated rings. The Balaban J connectivity index is 3.50. The molecular weight excluding hydrogens is 252 g/mol. The van der Waals surface area contributed by atoms with Gasteiger partial charge in [0.25, 0.3) is 0 Å². The number of rotatable bonds is 5. The van der Waals surface area contributed by atoms with Gasteiger partial charge in [0.2, 0.25) is 0 Å². The van der Waals surface area contributed by atoms with Crippen LogP contribution in [0.15, 0.2) is 35.7 Å². The van der Waals surface area contributed by atoms with E-state index in [0.29, 0.717) is 12.0 Å². The van der Waals surface area contributed by atoms with Crippen LogP contribution in [0.5, 0.6) is 0 Å². The first-order chi connectivity index (χ1) is 8.34. The van der Waals surface area contributed by atoms with E-state index in [0.717, 1.165) is 0 Å². The molecule has 0 saturated heterocycles. The first-order valence-electron chi connectivity index (χ1n) is 5.57. The first kappa shape index (κ1) is 14.4. The number of hydrogen-bond acceptors (Lipinski definition) is 3. The third-order valence-corrected chi connectivity index (χ3v) is 4.99. The van der Waals surface area contributed by atoms with E-state index >= 15 is 0 Å². The van der Waals surface area contributed by atoms with Crippen molar-refractivity contribution in [2.75, 3.05) is 0 Å². The molecule has 0 bridgehead atoms. The summed E-state index contributed by atoms with van der Waals surface area (Å²) in [6, 6.07) is 4.18. The van der Waals surface area contributed by atoms with Crippen LogP contribution < -0.4 is 0 Å². The minimum atomic E-state index is -3.57. The van der Waals surface area contributed by atoms with Gasteiger partial charge in [-0.3, -0.25) is 0 Å². The third-order valence-electron chi connectivity index (χ3n) is 2.82. The summed E-state index contributed by atoms with van der Waals surface area (Å²) in [6.45, 7) is 6.82. The molecule has 0 heterocycles. The van der Waals surface area contributed by atoms with Crippen LogP contribution in [0.2, 0.25) is 0 Å². The van der Waals surface area contributed by atoms with Crippen LogP contribution in [-0.2, 0) is 16.3 Å². The molecule has 1 aromatic carbocycles. The standard InChI is InChI=1S/C13H16O4S/c1-4-9(3)18(16,17)12-8-11(13(14)15)7-6-10(12)5-2/h4,6-9H,1,5H2,2-3H3,(H,14,15). The highest BCUT2D eigenvalue weighted by molar-refractivity contribution is 7.92. The third kappa shape index (κ3) is 2.61. The van der Waals surface area contributed by atoms with Gasteiger partial charge >= 0.3 is 5.97 Å². The lowest BCUT2D eigenvalue weighted by Gasteiger charge is -2.13. The fourth-order valence-electron chi connectivity index (χ4n) is 1.57. The SMILES string of the molecule is C=CC(C)S(=O)(=O)c1cc(C(=O)O)ccc1CC. The summed E-state index contributed by atoms with van der Waals surface area (Å²) in [4.78, 5) is 11.0. The average molecular weight is 268 g/mol. The largest absolute Gasteiger partial charge is 0.478 e. The van der Waals surface area contributed by atoms with E-state index in [2.05, 4.69) is 6.58 Å². The van der Waals surface area contributed by atoms with Crippen LogP contribution in [0.1, 0.15) is 29.8 Å². The van der Waals surface area contributed by atoms with Gasteiger partial charge in [0, 0.05) is 0 Å². The summed E-state index contributed by atoms with van der Waals surface area (Å²) in [5, 5.41) is 8.18. The molecular formula is C13H16O4S. The molecule has 5 heteroatoms. The van der Waals surface area contributed by atoms with Crippen molar-refractivity contribution in [3.8, 4) is 0 Å². The lowest BCUT2D eigenvalue weighted by Crippen LogP contribution is -2.17. The Hall–Kier alpha value is -1.62. The predicted octanol–water partition coefficient (Wildman–Crippen LogP) is 2.30. The molecule has 1 aromatic rings. The van der Waals surface area contributed by atoms with Crippen molar-refractivity contribution in [3.05, 3.63) is 42.0 Å². The van der Waals surface area contributed by atoms with Crippen LogP contribution in [0.4, 0.5) is 0 Å². The maximum Gasteiger partial charge on any atom is 0.335 e. The smallest absolute Gasteiger partial charge is 0.335 e. The highest BCUT2D eigenvalue weighted by atomic mass is 32.2. The quantitative estimate of drug-likeness (QED) is 0.832. The summed E-state index contributed by atoms with van der Waals surface area (Å²) >= 11 is 0. The van der Waals surface area contributed by atoms with Crippen LogP contribution in [0, 0.1) is 0 Å². The molecule has 0 amide bonds. The van der Waals surface area contributed by atoms with E-state index < -0.39 is 21.1 Å². The van der Waals surface area contributed by atoms with Gasteiger partial charge in [0.15, 0.2) is 9.84 Å². The molecule has 98 valence electrons. The van der Waals surface area contributed by atoms with Crippen molar-refractivity contribution in [2.45, 2.75) is 30.4 Å². The molecule has 0 saturated carbocycles. The van der Waals surface area contributed by atoms with Gasteiger partial charge < -0.3 is 5.11 Å². The number of hydrogen-bond donors (Lipinski definition) is 1. The fraction of sp³-hybridized carbons (Fsp3) is 0.308. The second kappa shape index (κ2) is 5.35. The van der Waals surface area contributed by atoms with E-state index in [9.17, 15) is 13.2 Å². The van der Waals surface area contributed by atoms with E-state index in [1.54, 1.807) is 6.07 Å². The minimum Gasteiger partial charge on any atom is -0.478 e. The zero-order chi connectivity index (χ0) is 13.9. The minimum absolute atomic E-state index is 0.0259. The molecule has 0 spiro atoms.